The van der Waals surface area contributed by atoms with E-state index in [2.05, 4.69) is 17.2 Å². The normalized spacial score (nSPS) is 18.9. The quantitative estimate of drug-likeness (QED) is 0.722. The molecule has 3 aliphatic rings. The maximum atomic E-state index is 13.5. The van der Waals surface area contributed by atoms with E-state index in [1.165, 1.54) is 18.3 Å². The largest absolute Gasteiger partial charge is 0.378 e. The van der Waals surface area contributed by atoms with Gasteiger partial charge < -0.3 is 19.9 Å². The highest BCUT2D eigenvalue weighted by Gasteiger charge is 2.41. The topological polar surface area (TPSA) is 105 Å². The van der Waals surface area contributed by atoms with Crippen LogP contribution in [0.4, 0.5) is 5.13 Å². The second-order valence-electron chi connectivity index (χ2n) is 8.92. The molecule has 174 valence electrons. The smallest absolute Gasteiger partial charge is 0.273 e. The molecule has 2 aromatic rings. The Kier molecular flexibility index (Phi) is 5.65. The van der Waals surface area contributed by atoms with Crippen molar-refractivity contribution < 1.29 is 19.1 Å². The molecule has 10 heteroatoms. The molecule has 1 unspecified atom stereocenters. The highest BCUT2D eigenvalue weighted by molar-refractivity contribution is 7.19. The number of aromatic nitrogens is 2. The van der Waals surface area contributed by atoms with Crippen LogP contribution in [0.25, 0.3) is 10.6 Å². The number of fused-ring (bicyclic) bond motifs is 1. The van der Waals surface area contributed by atoms with Crippen molar-refractivity contribution in [3.63, 3.8) is 0 Å². The molecule has 1 saturated carbocycles. The third kappa shape index (κ3) is 4.13. The number of morpholine rings is 1. The number of aryl methyl sites for hydroxylation is 1. The summed E-state index contributed by atoms with van der Waals surface area (Å²) in [6.45, 7) is 7.74. The van der Waals surface area contributed by atoms with Crippen LogP contribution in [0, 0.1) is 12.8 Å². The fourth-order valence-corrected chi connectivity index (χ4v) is 5.52. The number of hydrogen-bond acceptors (Lipinski definition) is 7. The number of nitrogens with one attached hydrogen (secondary N) is 1. The van der Waals surface area contributed by atoms with E-state index in [9.17, 15) is 14.4 Å². The summed E-state index contributed by atoms with van der Waals surface area (Å²) in [5, 5.41) is 3.20. The maximum Gasteiger partial charge on any atom is 0.273 e. The van der Waals surface area contributed by atoms with Crippen molar-refractivity contribution in [3.8, 4) is 10.6 Å². The van der Waals surface area contributed by atoms with E-state index < -0.39 is 0 Å². The average Bonchev–Trinajstić information content (AvgIpc) is 3.51. The Morgan fingerprint density at radius 2 is 1.97 bits per heavy atom. The molecule has 1 aliphatic carbocycles. The predicted octanol–water partition coefficient (Wildman–Crippen LogP) is 2.70. The molecule has 3 amide bonds. The Balaban J connectivity index is 1.58. The third-order valence-corrected chi connectivity index (χ3v) is 7.62. The number of amides is 3. The summed E-state index contributed by atoms with van der Waals surface area (Å²) in [4.78, 5) is 52.0. The molecule has 1 N–H and O–H groups in total. The van der Waals surface area contributed by atoms with E-state index in [4.69, 9.17) is 9.72 Å². The van der Waals surface area contributed by atoms with Crippen molar-refractivity contribution >= 4 is 34.2 Å². The van der Waals surface area contributed by atoms with E-state index in [0.29, 0.717) is 60.8 Å². The Morgan fingerprint density at radius 3 is 2.64 bits per heavy atom. The van der Waals surface area contributed by atoms with Crippen LogP contribution in [-0.4, -0.2) is 69.8 Å². The first kappa shape index (κ1) is 22.0. The number of hydrogen-bond donors (Lipinski definition) is 1. The van der Waals surface area contributed by atoms with Crippen molar-refractivity contribution in [2.24, 2.45) is 5.92 Å². The minimum atomic E-state index is -0.241. The monoisotopic (exact) mass is 469 g/mol. The van der Waals surface area contributed by atoms with E-state index >= 15 is 0 Å². The van der Waals surface area contributed by atoms with Gasteiger partial charge in [-0.25, -0.2) is 9.97 Å². The van der Waals surface area contributed by atoms with Crippen LogP contribution in [0.3, 0.4) is 0 Å². The first-order valence-electron chi connectivity index (χ1n) is 11.3. The molecule has 2 fully saturated rings. The zero-order valence-electron chi connectivity index (χ0n) is 19.0. The van der Waals surface area contributed by atoms with Crippen molar-refractivity contribution in [2.45, 2.75) is 46.2 Å². The number of thiazole rings is 1. The van der Waals surface area contributed by atoms with Crippen LogP contribution in [0.5, 0.6) is 0 Å². The van der Waals surface area contributed by atoms with Crippen LogP contribution in [0.15, 0.2) is 6.07 Å². The fraction of sp³-hybridized carbons (Fsp3) is 0.522. The van der Waals surface area contributed by atoms with Gasteiger partial charge in [-0.05, 0) is 44.2 Å². The number of carbonyl (C=O) groups is 3. The van der Waals surface area contributed by atoms with Crippen LogP contribution in [-0.2, 0) is 16.1 Å². The molecule has 33 heavy (non-hydrogen) atoms. The zero-order valence-corrected chi connectivity index (χ0v) is 19.8. The van der Waals surface area contributed by atoms with Gasteiger partial charge in [0.25, 0.3) is 11.8 Å². The van der Waals surface area contributed by atoms with Crippen molar-refractivity contribution in [1.82, 2.24) is 19.8 Å². The molecule has 0 aromatic carbocycles. The molecule has 1 atom stereocenters. The summed E-state index contributed by atoms with van der Waals surface area (Å²) in [5.74, 6) is -0.0244. The average molecular weight is 470 g/mol. The molecule has 0 spiro atoms. The summed E-state index contributed by atoms with van der Waals surface area (Å²) >= 11 is 1.32. The SMILES string of the molecule is CC(=O)Nc1nc(C)c(-c2cc3c(c(C(=O)N4CCOCC4)n2)C(=O)N(C(C)C2CC2)C3)s1. The first-order chi connectivity index (χ1) is 15.8. The lowest BCUT2D eigenvalue weighted by Gasteiger charge is -2.27. The Bertz CT molecular complexity index is 1140. The molecule has 0 radical (unpaired) electrons. The van der Waals surface area contributed by atoms with Gasteiger partial charge in [0.1, 0.15) is 5.69 Å². The first-order valence-corrected chi connectivity index (χ1v) is 12.1. The molecule has 2 aliphatic heterocycles. The minimum absolute atomic E-state index is 0.111. The minimum Gasteiger partial charge on any atom is -0.378 e. The fourth-order valence-electron chi connectivity index (χ4n) is 4.55. The highest BCUT2D eigenvalue weighted by Crippen LogP contribution is 2.40. The number of nitrogens with zero attached hydrogens (tertiary/aromatic N) is 4. The molecule has 0 bridgehead atoms. The number of carbonyl (C=O) groups excluding carboxylic acids is 3. The van der Waals surface area contributed by atoms with Crippen LogP contribution >= 0.6 is 11.3 Å². The van der Waals surface area contributed by atoms with E-state index in [1.807, 2.05) is 17.9 Å². The van der Waals surface area contributed by atoms with Gasteiger partial charge in [0.05, 0.1) is 35.0 Å². The standard InChI is InChI=1S/C23H27N5O4S/c1-12-20(33-23(24-12)25-14(3)29)17-10-16-11-28(13(2)15-4-5-15)21(30)18(16)19(26-17)22(31)27-6-8-32-9-7-27/h10,13,15H,4-9,11H2,1-3H3,(H,24,25,29). The lowest BCUT2D eigenvalue weighted by atomic mass is 10.1. The van der Waals surface area contributed by atoms with Crippen molar-refractivity contribution in [3.05, 3.63) is 28.6 Å². The molecular formula is C23H27N5O4S. The summed E-state index contributed by atoms with van der Waals surface area (Å²) in [6, 6.07) is 2.04. The van der Waals surface area contributed by atoms with Crippen LogP contribution in [0.1, 0.15) is 58.8 Å². The molecule has 2 aromatic heterocycles. The van der Waals surface area contributed by atoms with Gasteiger partial charge in [-0.2, -0.15) is 0 Å². The van der Waals surface area contributed by atoms with Crippen molar-refractivity contribution in [1.29, 1.82) is 0 Å². The Labute approximate surface area is 196 Å². The summed E-state index contributed by atoms with van der Waals surface area (Å²) < 4.78 is 5.39. The van der Waals surface area contributed by atoms with E-state index in [1.54, 1.807) is 4.90 Å². The maximum absolute atomic E-state index is 13.5. The second-order valence-corrected chi connectivity index (χ2v) is 9.92. The molecule has 9 nitrogen and oxygen atoms in total. The van der Waals surface area contributed by atoms with Gasteiger partial charge in [-0.3, -0.25) is 14.4 Å². The third-order valence-electron chi connectivity index (χ3n) is 6.53. The van der Waals surface area contributed by atoms with Gasteiger partial charge in [-0.15, -0.1) is 0 Å². The Hall–Kier alpha value is -2.85. The molecular weight excluding hydrogens is 442 g/mol. The second kappa shape index (κ2) is 8.49. The van der Waals surface area contributed by atoms with Gasteiger partial charge in [0, 0.05) is 32.6 Å². The summed E-state index contributed by atoms with van der Waals surface area (Å²) in [7, 11) is 0. The number of ether oxygens (including phenoxy) is 1. The lowest BCUT2D eigenvalue weighted by molar-refractivity contribution is -0.114. The number of rotatable bonds is 5. The van der Waals surface area contributed by atoms with Crippen LogP contribution in [0.2, 0.25) is 0 Å². The summed E-state index contributed by atoms with van der Waals surface area (Å²) in [6.07, 6.45) is 2.27. The van der Waals surface area contributed by atoms with Gasteiger partial charge >= 0.3 is 0 Å². The highest BCUT2D eigenvalue weighted by atomic mass is 32.1. The Morgan fingerprint density at radius 1 is 1.24 bits per heavy atom. The van der Waals surface area contributed by atoms with Crippen molar-refractivity contribution in [2.75, 3.05) is 31.6 Å². The predicted molar refractivity (Wildman–Crippen MR) is 123 cm³/mol. The molecule has 5 rings (SSSR count). The van der Waals surface area contributed by atoms with Crippen LogP contribution < -0.4 is 5.32 Å². The van der Waals surface area contributed by atoms with E-state index in [-0.39, 0.29) is 29.5 Å². The molecule has 1 saturated heterocycles. The zero-order chi connectivity index (χ0) is 23.3. The van der Waals surface area contributed by atoms with Gasteiger partial charge in [0.15, 0.2) is 5.13 Å². The van der Waals surface area contributed by atoms with E-state index in [0.717, 1.165) is 23.3 Å². The number of pyridine rings is 1. The lowest BCUT2D eigenvalue weighted by Crippen LogP contribution is -2.42. The summed E-state index contributed by atoms with van der Waals surface area (Å²) in [5.41, 5.74) is 2.77. The van der Waals surface area contributed by atoms with Gasteiger partial charge in [0.2, 0.25) is 5.91 Å². The number of anilines is 1. The molecule has 4 heterocycles. The van der Waals surface area contributed by atoms with Gasteiger partial charge in [-0.1, -0.05) is 11.3 Å².